The number of aromatic nitrogens is 1. The van der Waals surface area contributed by atoms with E-state index in [-0.39, 0.29) is 0 Å². The molecular weight excluding hydrogens is 232 g/mol. The van der Waals surface area contributed by atoms with Gasteiger partial charge in [0.15, 0.2) is 0 Å². The molecule has 0 saturated carbocycles. The van der Waals surface area contributed by atoms with Crippen LogP contribution in [0.3, 0.4) is 0 Å². The van der Waals surface area contributed by atoms with Crippen molar-refractivity contribution in [3.8, 4) is 0 Å². The second-order valence-corrected chi connectivity index (χ2v) is 5.98. The summed E-state index contributed by atoms with van der Waals surface area (Å²) in [6.45, 7) is 7.36. The molecule has 2 aromatic rings. The van der Waals surface area contributed by atoms with Crippen molar-refractivity contribution in [1.82, 2.24) is 9.88 Å². The summed E-state index contributed by atoms with van der Waals surface area (Å²) in [5.74, 6) is 1.56. The van der Waals surface area contributed by atoms with Gasteiger partial charge in [-0.15, -0.1) is 6.58 Å². The van der Waals surface area contributed by atoms with Crippen LogP contribution in [0, 0.1) is 5.92 Å². The SMILES string of the molecule is C=CCN1CC2CCc3[nH]c4ccccc4c3C2C1. The van der Waals surface area contributed by atoms with E-state index in [4.69, 9.17) is 0 Å². The highest BCUT2D eigenvalue weighted by Gasteiger charge is 2.38. The molecule has 1 aromatic heterocycles. The fourth-order valence-electron chi connectivity index (χ4n) is 4.08. The summed E-state index contributed by atoms with van der Waals surface area (Å²) in [5.41, 5.74) is 4.41. The topological polar surface area (TPSA) is 19.0 Å². The Morgan fingerprint density at radius 2 is 2.21 bits per heavy atom. The highest BCUT2D eigenvalue weighted by molar-refractivity contribution is 5.85. The van der Waals surface area contributed by atoms with Crippen molar-refractivity contribution in [2.45, 2.75) is 18.8 Å². The molecule has 0 bridgehead atoms. The van der Waals surface area contributed by atoms with Crippen molar-refractivity contribution in [2.24, 2.45) is 5.92 Å². The first-order valence-corrected chi connectivity index (χ1v) is 7.29. The van der Waals surface area contributed by atoms with Gasteiger partial charge in [-0.25, -0.2) is 0 Å². The van der Waals surface area contributed by atoms with Crippen LogP contribution in [0.4, 0.5) is 0 Å². The summed E-state index contributed by atoms with van der Waals surface area (Å²) < 4.78 is 0. The summed E-state index contributed by atoms with van der Waals surface area (Å²) >= 11 is 0. The first-order chi connectivity index (χ1) is 9.36. The smallest absolute Gasteiger partial charge is 0.0459 e. The van der Waals surface area contributed by atoms with Crippen LogP contribution in [0.2, 0.25) is 0 Å². The zero-order chi connectivity index (χ0) is 12.8. The summed E-state index contributed by atoms with van der Waals surface area (Å²) in [5, 5.41) is 1.45. The Bertz CT molecular complexity index is 625. The standard InChI is InChI=1S/C17H20N2/c1-2-9-19-10-12-7-8-16-17(14(12)11-19)13-5-3-4-6-15(13)18-16/h2-6,12,14,18H,1,7-11H2. The number of aromatic amines is 1. The van der Waals surface area contributed by atoms with E-state index >= 15 is 0 Å². The molecule has 1 aromatic carbocycles. The molecule has 4 rings (SSSR count). The molecule has 2 heterocycles. The van der Waals surface area contributed by atoms with Crippen LogP contribution in [0.5, 0.6) is 0 Å². The Hall–Kier alpha value is -1.54. The average molecular weight is 252 g/mol. The Morgan fingerprint density at radius 3 is 3.11 bits per heavy atom. The minimum absolute atomic E-state index is 0.722. The predicted molar refractivity (Wildman–Crippen MR) is 79.5 cm³/mol. The molecule has 1 fully saturated rings. The molecule has 2 aliphatic rings. The highest BCUT2D eigenvalue weighted by Crippen LogP contribution is 2.44. The van der Waals surface area contributed by atoms with E-state index in [0.29, 0.717) is 0 Å². The third-order valence-corrected chi connectivity index (χ3v) is 4.87. The monoisotopic (exact) mass is 252 g/mol. The number of hydrogen-bond acceptors (Lipinski definition) is 1. The number of likely N-dealkylation sites (tertiary alicyclic amines) is 1. The molecule has 98 valence electrons. The summed E-state index contributed by atoms with van der Waals surface area (Å²) in [6.07, 6.45) is 4.58. The number of benzene rings is 1. The van der Waals surface area contributed by atoms with Crippen LogP contribution in [0.1, 0.15) is 23.6 Å². The molecule has 0 amide bonds. The lowest BCUT2D eigenvalue weighted by atomic mass is 9.79. The lowest BCUT2D eigenvalue weighted by Gasteiger charge is -2.24. The van der Waals surface area contributed by atoms with Gasteiger partial charge >= 0.3 is 0 Å². The van der Waals surface area contributed by atoms with Gasteiger partial charge in [0, 0.05) is 42.1 Å². The maximum atomic E-state index is 3.88. The number of aryl methyl sites for hydroxylation is 1. The largest absolute Gasteiger partial charge is 0.358 e. The predicted octanol–water partition coefficient (Wildman–Crippen LogP) is 3.32. The van der Waals surface area contributed by atoms with Gasteiger partial charge in [0.2, 0.25) is 0 Å². The van der Waals surface area contributed by atoms with Crippen LogP contribution in [-0.4, -0.2) is 29.5 Å². The van der Waals surface area contributed by atoms with Gasteiger partial charge in [0.1, 0.15) is 0 Å². The van der Waals surface area contributed by atoms with Gasteiger partial charge in [-0.05, 0) is 30.4 Å². The molecular formula is C17H20N2. The van der Waals surface area contributed by atoms with Crippen molar-refractivity contribution in [3.05, 3.63) is 48.2 Å². The van der Waals surface area contributed by atoms with Crippen LogP contribution in [0.25, 0.3) is 10.9 Å². The van der Waals surface area contributed by atoms with Crippen molar-refractivity contribution in [3.63, 3.8) is 0 Å². The normalized spacial score (nSPS) is 26.3. The van der Waals surface area contributed by atoms with E-state index in [1.54, 1.807) is 5.56 Å². The number of nitrogens with one attached hydrogen (secondary N) is 1. The summed E-state index contributed by atoms with van der Waals surface area (Å²) in [7, 11) is 0. The zero-order valence-corrected chi connectivity index (χ0v) is 11.2. The molecule has 1 saturated heterocycles. The van der Waals surface area contributed by atoms with Gasteiger partial charge < -0.3 is 4.98 Å². The molecule has 1 aliphatic heterocycles. The molecule has 0 spiro atoms. The molecule has 2 atom stereocenters. The second kappa shape index (κ2) is 4.24. The van der Waals surface area contributed by atoms with Crippen LogP contribution >= 0.6 is 0 Å². The number of fused-ring (bicyclic) bond motifs is 5. The zero-order valence-electron chi connectivity index (χ0n) is 11.2. The van der Waals surface area contributed by atoms with E-state index in [1.807, 2.05) is 6.08 Å². The Morgan fingerprint density at radius 1 is 1.32 bits per heavy atom. The molecule has 1 N–H and O–H groups in total. The number of nitrogens with zero attached hydrogens (tertiary/aromatic N) is 1. The fraction of sp³-hybridized carbons (Fsp3) is 0.412. The van der Waals surface area contributed by atoms with Crippen molar-refractivity contribution < 1.29 is 0 Å². The third kappa shape index (κ3) is 1.67. The van der Waals surface area contributed by atoms with Gasteiger partial charge in [0.05, 0.1) is 0 Å². The maximum absolute atomic E-state index is 3.88. The van der Waals surface area contributed by atoms with E-state index in [2.05, 4.69) is 40.7 Å². The first-order valence-electron chi connectivity index (χ1n) is 7.29. The molecule has 1 aliphatic carbocycles. The maximum Gasteiger partial charge on any atom is 0.0459 e. The van der Waals surface area contributed by atoms with Crippen molar-refractivity contribution in [1.29, 1.82) is 0 Å². The molecule has 2 nitrogen and oxygen atoms in total. The van der Waals surface area contributed by atoms with E-state index in [0.717, 1.165) is 18.4 Å². The highest BCUT2D eigenvalue weighted by atomic mass is 15.1. The minimum atomic E-state index is 0.722. The quantitative estimate of drug-likeness (QED) is 0.812. The second-order valence-electron chi connectivity index (χ2n) is 5.98. The number of para-hydroxylation sites is 1. The van der Waals surface area contributed by atoms with Crippen LogP contribution in [-0.2, 0) is 6.42 Å². The summed E-state index contributed by atoms with van der Waals surface area (Å²) in [4.78, 5) is 6.19. The van der Waals surface area contributed by atoms with Crippen molar-refractivity contribution >= 4 is 10.9 Å². The lowest BCUT2D eigenvalue weighted by Crippen LogP contribution is -2.20. The van der Waals surface area contributed by atoms with Gasteiger partial charge in [-0.3, -0.25) is 4.90 Å². The molecule has 19 heavy (non-hydrogen) atoms. The number of rotatable bonds is 2. The Labute approximate surface area is 114 Å². The lowest BCUT2D eigenvalue weighted by molar-refractivity contribution is 0.354. The van der Waals surface area contributed by atoms with E-state index in [9.17, 15) is 0 Å². The molecule has 2 unspecified atom stereocenters. The Kier molecular flexibility index (Phi) is 2.52. The summed E-state index contributed by atoms with van der Waals surface area (Å²) in [6, 6.07) is 8.78. The average Bonchev–Trinajstić information content (AvgIpc) is 2.98. The van der Waals surface area contributed by atoms with E-state index < -0.39 is 0 Å². The number of hydrogen-bond donors (Lipinski definition) is 1. The molecule has 2 heteroatoms. The first kappa shape index (κ1) is 11.3. The van der Waals surface area contributed by atoms with Crippen molar-refractivity contribution in [2.75, 3.05) is 19.6 Å². The Balaban J connectivity index is 1.79. The van der Waals surface area contributed by atoms with Gasteiger partial charge in [0.25, 0.3) is 0 Å². The third-order valence-electron chi connectivity index (χ3n) is 4.87. The van der Waals surface area contributed by atoms with Crippen LogP contribution < -0.4 is 0 Å². The van der Waals surface area contributed by atoms with Gasteiger partial charge in [-0.2, -0.15) is 0 Å². The fourth-order valence-corrected chi connectivity index (χ4v) is 4.08. The van der Waals surface area contributed by atoms with E-state index in [1.165, 1.54) is 42.5 Å². The minimum Gasteiger partial charge on any atom is -0.358 e. The van der Waals surface area contributed by atoms with Gasteiger partial charge in [-0.1, -0.05) is 24.3 Å². The number of H-pyrrole nitrogens is 1. The van der Waals surface area contributed by atoms with Crippen LogP contribution in [0.15, 0.2) is 36.9 Å². The molecule has 0 radical (unpaired) electrons.